The molecule has 0 bridgehead atoms. The lowest BCUT2D eigenvalue weighted by molar-refractivity contribution is -0.462. The highest BCUT2D eigenvalue weighted by Gasteiger charge is 2.39. The van der Waals surface area contributed by atoms with Gasteiger partial charge < -0.3 is 25.3 Å². The summed E-state index contributed by atoms with van der Waals surface area (Å²) in [5, 5.41) is 40.6. The molecule has 0 aromatic heterocycles. The highest BCUT2D eigenvalue weighted by molar-refractivity contribution is 6.40. The number of allylic oxidation sites excluding steroid dienone is 5. The fourth-order valence-corrected chi connectivity index (χ4v) is 3.79. The van der Waals surface area contributed by atoms with E-state index in [1.54, 1.807) is 28.9 Å². The van der Waals surface area contributed by atoms with Crippen LogP contribution in [0.1, 0.15) is 31.7 Å². The first-order valence-corrected chi connectivity index (χ1v) is 10.8. The summed E-state index contributed by atoms with van der Waals surface area (Å²) in [6, 6.07) is 4.71. The summed E-state index contributed by atoms with van der Waals surface area (Å²) in [6.07, 6.45) is 6.57. The number of unbranched alkanes of at least 4 members (excludes halogenated alkanes) is 1. The lowest BCUT2D eigenvalue weighted by atomic mass is 9.79. The van der Waals surface area contributed by atoms with E-state index in [-0.39, 0.29) is 46.0 Å². The van der Waals surface area contributed by atoms with Crippen molar-refractivity contribution in [2.24, 2.45) is 0 Å². The number of rotatable bonds is 8. The number of aromatic hydroxyl groups is 1. The van der Waals surface area contributed by atoms with Gasteiger partial charge in [-0.05, 0) is 24.6 Å². The van der Waals surface area contributed by atoms with E-state index >= 15 is 0 Å². The van der Waals surface area contributed by atoms with Crippen LogP contribution in [0.3, 0.4) is 0 Å². The van der Waals surface area contributed by atoms with E-state index in [4.69, 9.17) is 5.11 Å². The number of hydrogen-bond donors (Lipinski definition) is 4. The topological polar surface area (TPSA) is 121 Å². The summed E-state index contributed by atoms with van der Waals surface area (Å²) in [5.74, 6) is -1.98. The van der Waals surface area contributed by atoms with E-state index in [0.717, 1.165) is 18.6 Å². The summed E-state index contributed by atoms with van der Waals surface area (Å²) in [7, 11) is 3.64. The normalized spacial score (nSPS) is 17.7. The molecule has 2 aliphatic rings. The third-order valence-electron chi connectivity index (χ3n) is 5.69. The first-order valence-electron chi connectivity index (χ1n) is 10.8. The summed E-state index contributed by atoms with van der Waals surface area (Å²) < 4.78 is 1.80. The number of ketones is 1. The molecule has 0 saturated carbocycles. The van der Waals surface area contributed by atoms with Crippen molar-refractivity contribution in [3.05, 3.63) is 64.7 Å². The number of carboxylic acid groups (broad SMARTS) is 1. The molecule has 8 heteroatoms. The van der Waals surface area contributed by atoms with Crippen molar-refractivity contribution < 1.29 is 34.6 Å². The van der Waals surface area contributed by atoms with Gasteiger partial charge in [0.05, 0.1) is 23.6 Å². The SMILES string of the molecule is CCCCN(CCC(=O)O)c1ccc(C2=C(O)/C(=C3/C=CC(=[N+](C)C)C=C3O)C2=O)c(O)c1. The van der Waals surface area contributed by atoms with Crippen molar-refractivity contribution >= 4 is 28.7 Å². The third kappa shape index (κ3) is 4.84. The number of anilines is 1. The fraction of sp³-hybridized carbons (Fsp3) is 0.320. The zero-order chi connectivity index (χ0) is 24.3. The Hall–Kier alpha value is -3.81. The lowest BCUT2D eigenvalue weighted by Crippen LogP contribution is -2.27. The predicted octanol–water partition coefficient (Wildman–Crippen LogP) is 3.35. The van der Waals surface area contributed by atoms with Crippen LogP contribution in [-0.2, 0) is 9.59 Å². The second-order valence-corrected chi connectivity index (χ2v) is 8.21. The number of phenols is 1. The lowest BCUT2D eigenvalue weighted by Gasteiger charge is -2.27. The number of carbonyl (C=O) groups excluding carboxylic acids is 1. The van der Waals surface area contributed by atoms with Gasteiger partial charge in [0.2, 0.25) is 11.5 Å². The van der Waals surface area contributed by atoms with Gasteiger partial charge in [0.15, 0.2) is 0 Å². The Labute approximate surface area is 192 Å². The maximum absolute atomic E-state index is 12.9. The van der Waals surface area contributed by atoms with Crippen LogP contribution in [0.5, 0.6) is 5.75 Å². The molecule has 0 radical (unpaired) electrons. The van der Waals surface area contributed by atoms with Crippen LogP contribution < -0.4 is 4.90 Å². The molecule has 33 heavy (non-hydrogen) atoms. The standard InChI is InChI=1S/C25H28N2O6/c1-4-5-11-27(12-10-21(30)31)16-7-9-18(20(29)14-16)23-24(32)22(25(23)33)17-8-6-15(26(2)3)13-19(17)28/h6-9,13-14H,4-5,10-12H2,1-3H3,(H3,28,29,30,31,32,33)/p+1. The number of aliphatic hydroxyl groups is 2. The Morgan fingerprint density at radius 1 is 1.06 bits per heavy atom. The van der Waals surface area contributed by atoms with Crippen molar-refractivity contribution in [1.29, 1.82) is 0 Å². The molecule has 1 aromatic carbocycles. The molecule has 0 unspecified atom stereocenters. The van der Waals surface area contributed by atoms with Crippen LogP contribution in [-0.4, -0.2) is 69.7 Å². The van der Waals surface area contributed by atoms with Crippen molar-refractivity contribution in [2.75, 3.05) is 32.1 Å². The van der Waals surface area contributed by atoms with Gasteiger partial charge >= 0.3 is 5.97 Å². The molecular weight excluding hydrogens is 424 g/mol. The van der Waals surface area contributed by atoms with E-state index in [2.05, 4.69) is 0 Å². The van der Waals surface area contributed by atoms with E-state index in [0.29, 0.717) is 18.8 Å². The second kappa shape index (κ2) is 9.77. The van der Waals surface area contributed by atoms with Crippen LogP contribution in [0, 0.1) is 0 Å². The van der Waals surface area contributed by atoms with Gasteiger partial charge in [-0.15, -0.1) is 0 Å². The largest absolute Gasteiger partial charge is 0.507 e. The number of aliphatic hydroxyl groups excluding tert-OH is 2. The Morgan fingerprint density at radius 2 is 1.79 bits per heavy atom. The van der Waals surface area contributed by atoms with Gasteiger partial charge in [-0.25, -0.2) is 4.58 Å². The Balaban J connectivity index is 1.93. The highest BCUT2D eigenvalue weighted by Crippen LogP contribution is 2.43. The molecule has 4 N–H and O–H groups in total. The summed E-state index contributed by atoms with van der Waals surface area (Å²) in [4.78, 5) is 25.7. The number of aliphatic carboxylic acids is 1. The number of benzene rings is 1. The van der Waals surface area contributed by atoms with Crippen molar-refractivity contribution in [1.82, 2.24) is 0 Å². The Morgan fingerprint density at radius 3 is 2.33 bits per heavy atom. The minimum atomic E-state index is -0.905. The van der Waals surface area contributed by atoms with Gasteiger partial charge in [-0.3, -0.25) is 9.59 Å². The molecule has 0 saturated heterocycles. The van der Waals surface area contributed by atoms with Gasteiger partial charge in [0, 0.05) is 42.1 Å². The number of carbonyl (C=O) groups is 2. The van der Waals surface area contributed by atoms with Gasteiger partial charge in [0.25, 0.3) is 0 Å². The van der Waals surface area contributed by atoms with Gasteiger partial charge in [0.1, 0.15) is 31.4 Å². The summed E-state index contributed by atoms with van der Waals surface area (Å²) in [6.45, 7) is 2.96. The fourth-order valence-electron chi connectivity index (χ4n) is 3.79. The summed E-state index contributed by atoms with van der Waals surface area (Å²) in [5.41, 5.74) is 1.78. The van der Waals surface area contributed by atoms with Gasteiger partial charge in [-0.2, -0.15) is 0 Å². The molecule has 2 aliphatic carbocycles. The molecule has 3 rings (SSSR count). The zero-order valence-electron chi connectivity index (χ0n) is 19.0. The number of hydrogen-bond acceptors (Lipinski definition) is 6. The molecule has 0 fully saturated rings. The number of Topliss-reactive ketones (excluding diaryl/α,β-unsaturated/α-hetero) is 1. The van der Waals surface area contributed by atoms with Crippen molar-refractivity contribution in [2.45, 2.75) is 26.2 Å². The monoisotopic (exact) mass is 453 g/mol. The minimum absolute atomic E-state index is 0.00214. The van der Waals surface area contributed by atoms with Crippen molar-refractivity contribution in [3.63, 3.8) is 0 Å². The van der Waals surface area contributed by atoms with E-state index < -0.39 is 11.8 Å². The molecular formula is C25H29N2O6+. The van der Waals surface area contributed by atoms with E-state index in [1.165, 1.54) is 12.1 Å². The predicted molar refractivity (Wildman–Crippen MR) is 126 cm³/mol. The number of carboxylic acids is 1. The molecule has 0 atom stereocenters. The van der Waals surface area contributed by atoms with Crippen molar-refractivity contribution in [3.8, 4) is 5.75 Å². The smallest absolute Gasteiger partial charge is 0.305 e. The van der Waals surface area contributed by atoms with Crippen LogP contribution in [0.2, 0.25) is 0 Å². The molecule has 0 aliphatic heterocycles. The van der Waals surface area contributed by atoms with E-state index in [1.807, 2.05) is 25.9 Å². The van der Waals surface area contributed by atoms with Crippen LogP contribution in [0.4, 0.5) is 5.69 Å². The maximum Gasteiger partial charge on any atom is 0.305 e. The molecule has 0 heterocycles. The van der Waals surface area contributed by atoms with Crippen LogP contribution in [0.15, 0.2) is 59.1 Å². The highest BCUT2D eigenvalue weighted by atomic mass is 16.4. The average Bonchev–Trinajstić information content (AvgIpc) is 2.76. The number of nitrogens with zero attached hydrogens (tertiary/aromatic N) is 2. The maximum atomic E-state index is 12.9. The Kier molecular flexibility index (Phi) is 7.06. The first kappa shape index (κ1) is 23.8. The molecule has 1 aromatic rings. The molecule has 174 valence electrons. The molecule has 0 spiro atoms. The Bertz CT molecular complexity index is 1150. The third-order valence-corrected chi connectivity index (χ3v) is 5.69. The zero-order valence-corrected chi connectivity index (χ0v) is 19.0. The first-order chi connectivity index (χ1) is 15.6. The molecule has 0 amide bonds. The minimum Gasteiger partial charge on any atom is -0.507 e. The quantitative estimate of drug-likeness (QED) is 0.352. The number of phenolic OH excluding ortho intramolecular Hbond substituents is 1. The summed E-state index contributed by atoms with van der Waals surface area (Å²) >= 11 is 0. The second-order valence-electron chi connectivity index (χ2n) is 8.21. The average molecular weight is 454 g/mol. The van der Waals surface area contributed by atoms with E-state index in [9.17, 15) is 24.9 Å². The van der Waals surface area contributed by atoms with Gasteiger partial charge in [-0.1, -0.05) is 13.3 Å². The van der Waals surface area contributed by atoms with Crippen LogP contribution >= 0.6 is 0 Å². The molecule has 8 nitrogen and oxygen atoms in total. The van der Waals surface area contributed by atoms with Crippen LogP contribution in [0.25, 0.3) is 5.57 Å².